The monoisotopic (exact) mass is 555 g/mol. The Morgan fingerprint density at radius 1 is 0.929 bits per heavy atom. The van der Waals surface area contributed by atoms with Gasteiger partial charge in [-0.1, -0.05) is 54.1 Å². The minimum atomic E-state index is -1.38. The number of para-hydroxylation sites is 1. The lowest BCUT2D eigenvalue weighted by Crippen LogP contribution is -2.51. The molecule has 0 saturated carbocycles. The highest BCUT2D eigenvalue weighted by Gasteiger charge is 2.70. The van der Waals surface area contributed by atoms with E-state index in [1.165, 1.54) is 0 Å². The van der Waals surface area contributed by atoms with Gasteiger partial charge in [-0.2, -0.15) is 0 Å². The van der Waals surface area contributed by atoms with Crippen molar-refractivity contribution < 1.29 is 19.1 Å². The number of fused-ring (bicyclic) bond motifs is 6. The highest BCUT2D eigenvalue weighted by atomic mass is 16.5. The predicted molar refractivity (Wildman–Crippen MR) is 161 cm³/mol. The molecule has 1 fully saturated rings. The summed E-state index contributed by atoms with van der Waals surface area (Å²) in [4.78, 5) is 50.4. The lowest BCUT2D eigenvalue weighted by molar-refractivity contribution is -0.121. The van der Waals surface area contributed by atoms with Crippen LogP contribution in [0, 0.1) is 12.8 Å². The number of methoxy groups -OCH3 is 1. The number of pyridine rings is 1. The summed E-state index contributed by atoms with van der Waals surface area (Å²) >= 11 is 0. The van der Waals surface area contributed by atoms with Crippen LogP contribution >= 0.6 is 0 Å². The Hall–Kier alpha value is -5.04. The lowest BCUT2D eigenvalue weighted by Gasteiger charge is -2.39. The maximum absolute atomic E-state index is 14.8. The first-order valence-electron chi connectivity index (χ1n) is 14.0. The van der Waals surface area contributed by atoms with Crippen molar-refractivity contribution in [3.63, 3.8) is 0 Å². The molecule has 1 spiro atoms. The smallest absolute Gasteiger partial charge is 0.238 e. The summed E-state index contributed by atoms with van der Waals surface area (Å²) in [6.07, 6.45) is 3.62. The van der Waals surface area contributed by atoms with Gasteiger partial charge >= 0.3 is 0 Å². The van der Waals surface area contributed by atoms with Gasteiger partial charge in [0.2, 0.25) is 5.91 Å². The van der Waals surface area contributed by atoms with Gasteiger partial charge in [-0.25, -0.2) is 0 Å². The van der Waals surface area contributed by atoms with Gasteiger partial charge in [-0.15, -0.1) is 0 Å². The van der Waals surface area contributed by atoms with E-state index in [0.29, 0.717) is 22.6 Å². The van der Waals surface area contributed by atoms with Crippen LogP contribution in [0.15, 0.2) is 97.2 Å². The van der Waals surface area contributed by atoms with Gasteiger partial charge in [0.15, 0.2) is 11.6 Å². The number of ketones is 2. The molecule has 0 radical (unpaired) electrons. The van der Waals surface area contributed by atoms with Crippen LogP contribution in [0.5, 0.6) is 5.75 Å². The molecule has 3 aromatic carbocycles. The molecular formula is C35H29N3O4. The third-order valence-corrected chi connectivity index (χ3v) is 8.95. The maximum Gasteiger partial charge on any atom is 0.238 e. The summed E-state index contributed by atoms with van der Waals surface area (Å²) in [5.74, 6) is -1.45. The molecule has 0 aliphatic carbocycles. The number of nitrogens with one attached hydrogen (secondary N) is 1. The van der Waals surface area contributed by atoms with Crippen molar-refractivity contribution in [3.05, 3.63) is 125 Å². The number of ether oxygens (including phenoxy) is 1. The van der Waals surface area contributed by atoms with Crippen LogP contribution in [-0.2, 0) is 10.2 Å². The molecule has 7 rings (SSSR count). The van der Waals surface area contributed by atoms with Gasteiger partial charge in [0.1, 0.15) is 22.9 Å². The maximum atomic E-state index is 14.8. The molecule has 7 nitrogen and oxygen atoms in total. The van der Waals surface area contributed by atoms with Crippen molar-refractivity contribution in [2.24, 2.45) is 5.92 Å². The molecule has 4 atom stereocenters. The van der Waals surface area contributed by atoms with E-state index >= 15 is 0 Å². The van der Waals surface area contributed by atoms with Gasteiger partial charge in [-0.3, -0.25) is 19.4 Å². The Bertz CT molecular complexity index is 1810. The van der Waals surface area contributed by atoms with Gasteiger partial charge in [-0.05, 0) is 67.4 Å². The lowest BCUT2D eigenvalue weighted by atomic mass is 9.64. The van der Waals surface area contributed by atoms with Crippen LogP contribution < -0.4 is 15.0 Å². The van der Waals surface area contributed by atoms with Crippen molar-refractivity contribution in [1.29, 1.82) is 0 Å². The predicted octanol–water partition coefficient (Wildman–Crippen LogP) is 5.64. The van der Waals surface area contributed by atoms with Gasteiger partial charge in [0.05, 0.1) is 19.1 Å². The molecule has 42 heavy (non-hydrogen) atoms. The van der Waals surface area contributed by atoms with E-state index in [4.69, 9.17) is 4.74 Å². The number of amides is 1. The SMILES string of the molecule is COc1cccc(C(=O)[C@@H]2[C@@H](C(=O)c3ccccn3)[C@]3(C(=O)Nc4ccccc43)[C@H]3C=C(C)c4cc(C)ccc4N23)c1. The molecule has 0 unspecified atom stereocenters. The molecule has 1 aromatic heterocycles. The molecule has 3 aliphatic heterocycles. The summed E-state index contributed by atoms with van der Waals surface area (Å²) in [5.41, 5.74) is 4.46. The minimum absolute atomic E-state index is 0.215. The van der Waals surface area contributed by atoms with E-state index in [1.54, 1.807) is 55.8 Å². The Kier molecular flexibility index (Phi) is 5.87. The van der Waals surface area contributed by atoms with E-state index in [0.717, 1.165) is 22.4 Å². The normalized spacial score (nSPS) is 23.5. The van der Waals surface area contributed by atoms with Gasteiger partial charge in [0.25, 0.3) is 0 Å². The fraction of sp³-hybridized carbons (Fsp3) is 0.200. The molecule has 4 aromatic rings. The molecule has 1 amide bonds. The summed E-state index contributed by atoms with van der Waals surface area (Å²) in [6, 6.07) is 24.1. The van der Waals surface area contributed by atoms with E-state index in [9.17, 15) is 14.4 Å². The zero-order chi connectivity index (χ0) is 29.2. The Labute approximate surface area is 243 Å². The van der Waals surface area contributed by atoms with Crippen LogP contribution in [0.25, 0.3) is 5.57 Å². The number of rotatable bonds is 5. The topological polar surface area (TPSA) is 88.6 Å². The van der Waals surface area contributed by atoms with E-state index in [2.05, 4.69) is 22.4 Å². The van der Waals surface area contributed by atoms with Crippen LogP contribution in [0.1, 0.15) is 44.5 Å². The largest absolute Gasteiger partial charge is 0.497 e. The van der Waals surface area contributed by atoms with Crippen molar-refractivity contribution in [1.82, 2.24) is 4.98 Å². The second kappa shape index (κ2) is 9.52. The quantitative estimate of drug-likeness (QED) is 0.321. The summed E-state index contributed by atoms with van der Waals surface area (Å²) in [5, 5.41) is 3.07. The fourth-order valence-electron chi connectivity index (χ4n) is 7.16. The summed E-state index contributed by atoms with van der Waals surface area (Å²) in [7, 11) is 1.55. The van der Waals surface area contributed by atoms with Crippen LogP contribution in [0.3, 0.4) is 0 Å². The average molecular weight is 556 g/mol. The number of nitrogens with zero attached hydrogens (tertiary/aromatic N) is 2. The van der Waals surface area contributed by atoms with Crippen LogP contribution in [0.2, 0.25) is 0 Å². The van der Waals surface area contributed by atoms with Crippen molar-refractivity contribution in [2.75, 3.05) is 17.3 Å². The second-order valence-electron chi connectivity index (χ2n) is 11.2. The Morgan fingerprint density at radius 2 is 1.74 bits per heavy atom. The number of carbonyl (C=O) groups is 3. The summed E-state index contributed by atoms with van der Waals surface area (Å²) in [6.45, 7) is 4.05. The number of hydrogen-bond donors (Lipinski definition) is 1. The van der Waals surface area contributed by atoms with Gasteiger partial charge < -0.3 is 15.0 Å². The highest BCUT2D eigenvalue weighted by Crippen LogP contribution is 2.58. The number of aromatic nitrogens is 1. The molecule has 0 bridgehead atoms. The fourth-order valence-corrected chi connectivity index (χ4v) is 7.16. The number of aryl methyl sites for hydroxylation is 1. The minimum Gasteiger partial charge on any atom is -0.497 e. The first-order chi connectivity index (χ1) is 20.4. The third kappa shape index (κ3) is 3.52. The summed E-state index contributed by atoms with van der Waals surface area (Å²) < 4.78 is 5.44. The number of allylic oxidation sites excluding steroid dienone is 1. The van der Waals surface area contributed by atoms with Crippen molar-refractivity contribution in [3.8, 4) is 5.75 Å². The zero-order valence-electron chi connectivity index (χ0n) is 23.5. The van der Waals surface area contributed by atoms with Crippen LogP contribution in [0.4, 0.5) is 11.4 Å². The number of benzene rings is 3. The first-order valence-corrected chi connectivity index (χ1v) is 14.0. The molecule has 7 heteroatoms. The van der Waals surface area contributed by atoms with Crippen LogP contribution in [-0.4, -0.2) is 41.7 Å². The van der Waals surface area contributed by atoms with Crippen molar-refractivity contribution >= 4 is 34.4 Å². The van der Waals surface area contributed by atoms with Gasteiger partial charge in [0, 0.05) is 28.7 Å². The number of carbonyl (C=O) groups excluding carboxylic acids is 3. The number of Topliss-reactive ketones (excluding diaryl/α,β-unsaturated/α-hetero) is 2. The molecule has 208 valence electrons. The third-order valence-electron chi connectivity index (χ3n) is 8.95. The Morgan fingerprint density at radius 3 is 2.52 bits per heavy atom. The zero-order valence-corrected chi connectivity index (χ0v) is 23.5. The van der Waals surface area contributed by atoms with E-state index in [1.807, 2.05) is 55.1 Å². The molecule has 3 aliphatic rings. The molecular weight excluding hydrogens is 526 g/mol. The highest BCUT2D eigenvalue weighted by molar-refractivity contribution is 6.18. The standard InChI is InChI=1S/C35H29N3O4/c1-20-14-15-28-24(17-20)21(2)18-29-35(25-11-4-5-12-26(25)37-34(35)41)30(33(40)27-13-6-7-16-36-27)31(38(28)29)32(39)22-9-8-10-23(19-22)42-3/h4-19,29-31H,1-3H3,(H,37,41)/t29-,30+,31+,35-/m1/s1. The Balaban J connectivity index is 1.56. The van der Waals surface area contributed by atoms with E-state index in [-0.39, 0.29) is 23.2 Å². The molecule has 1 N–H and O–H groups in total. The second-order valence-corrected chi connectivity index (χ2v) is 11.2. The molecule has 4 heterocycles. The average Bonchev–Trinajstić information content (AvgIpc) is 3.49. The number of hydrogen-bond acceptors (Lipinski definition) is 6. The first kappa shape index (κ1) is 25.9. The van der Waals surface area contributed by atoms with Crippen molar-refractivity contribution in [2.45, 2.75) is 31.3 Å². The molecule has 1 saturated heterocycles. The number of anilines is 2. The van der Waals surface area contributed by atoms with E-state index < -0.39 is 23.4 Å².